The van der Waals surface area contributed by atoms with Crippen LogP contribution in [0.1, 0.15) is 16.1 Å². The van der Waals surface area contributed by atoms with E-state index in [2.05, 4.69) is 10.4 Å². The third-order valence-electron chi connectivity index (χ3n) is 2.65. The Kier molecular flexibility index (Phi) is 2.67. The zero-order valence-electron chi connectivity index (χ0n) is 9.94. The van der Waals surface area contributed by atoms with Crippen molar-refractivity contribution in [2.75, 3.05) is 7.05 Å². The number of rotatable bonds is 1. The SMILES string of the molecule is CNC(=O)c1nn(C)c2ccc(C)cc2c1=O. The maximum atomic E-state index is 12.1. The van der Waals surface area contributed by atoms with Crippen LogP contribution in [0.2, 0.25) is 0 Å². The monoisotopic (exact) mass is 231 g/mol. The molecule has 0 atom stereocenters. The van der Waals surface area contributed by atoms with Gasteiger partial charge in [0.05, 0.1) is 10.9 Å². The van der Waals surface area contributed by atoms with Crippen LogP contribution >= 0.6 is 0 Å². The number of hydrogen-bond acceptors (Lipinski definition) is 3. The van der Waals surface area contributed by atoms with Crippen LogP contribution in [0, 0.1) is 6.92 Å². The Labute approximate surface area is 98.1 Å². The summed E-state index contributed by atoms with van der Waals surface area (Å²) in [7, 11) is 3.19. The van der Waals surface area contributed by atoms with Gasteiger partial charge in [0.25, 0.3) is 5.91 Å². The number of nitrogens with zero attached hydrogens (tertiary/aromatic N) is 2. The van der Waals surface area contributed by atoms with Gasteiger partial charge in [0.15, 0.2) is 5.69 Å². The van der Waals surface area contributed by atoms with Crippen LogP contribution in [0.5, 0.6) is 0 Å². The number of amides is 1. The van der Waals surface area contributed by atoms with Crippen LogP contribution in [0.4, 0.5) is 0 Å². The minimum atomic E-state index is -0.464. The quantitative estimate of drug-likeness (QED) is 0.781. The maximum absolute atomic E-state index is 12.1. The number of nitrogens with one attached hydrogen (secondary N) is 1. The molecule has 2 aromatic rings. The number of benzene rings is 1. The van der Waals surface area contributed by atoms with Gasteiger partial charge in [-0.15, -0.1) is 0 Å². The average Bonchev–Trinajstić information content (AvgIpc) is 2.32. The molecule has 0 fully saturated rings. The van der Waals surface area contributed by atoms with E-state index in [9.17, 15) is 9.59 Å². The van der Waals surface area contributed by atoms with Gasteiger partial charge in [0.1, 0.15) is 0 Å². The van der Waals surface area contributed by atoms with Gasteiger partial charge in [0, 0.05) is 14.1 Å². The molecule has 0 bridgehead atoms. The van der Waals surface area contributed by atoms with E-state index in [4.69, 9.17) is 0 Å². The zero-order valence-corrected chi connectivity index (χ0v) is 9.94. The predicted molar refractivity (Wildman–Crippen MR) is 65.1 cm³/mol. The molecule has 0 radical (unpaired) electrons. The van der Waals surface area contributed by atoms with E-state index in [1.165, 1.54) is 7.05 Å². The van der Waals surface area contributed by atoms with E-state index in [0.29, 0.717) is 10.9 Å². The van der Waals surface area contributed by atoms with Crippen molar-refractivity contribution in [2.45, 2.75) is 6.92 Å². The molecule has 5 heteroatoms. The lowest BCUT2D eigenvalue weighted by Crippen LogP contribution is -2.29. The first-order chi connectivity index (χ1) is 8.04. The van der Waals surface area contributed by atoms with Crippen molar-refractivity contribution in [1.29, 1.82) is 0 Å². The molecule has 0 unspecified atom stereocenters. The molecule has 17 heavy (non-hydrogen) atoms. The van der Waals surface area contributed by atoms with Gasteiger partial charge < -0.3 is 5.32 Å². The summed E-state index contributed by atoms with van der Waals surface area (Å²) in [6.07, 6.45) is 0. The smallest absolute Gasteiger partial charge is 0.275 e. The van der Waals surface area contributed by atoms with E-state index in [1.807, 2.05) is 19.1 Å². The van der Waals surface area contributed by atoms with E-state index in [-0.39, 0.29) is 11.1 Å². The van der Waals surface area contributed by atoms with Gasteiger partial charge in [-0.3, -0.25) is 14.3 Å². The van der Waals surface area contributed by atoms with Crippen molar-refractivity contribution in [3.8, 4) is 0 Å². The fourth-order valence-electron chi connectivity index (χ4n) is 1.76. The second kappa shape index (κ2) is 4.01. The summed E-state index contributed by atoms with van der Waals surface area (Å²) in [5, 5.41) is 6.92. The predicted octanol–water partition coefficient (Wildman–Crippen LogP) is 0.602. The molecule has 1 aromatic heterocycles. The van der Waals surface area contributed by atoms with Crippen molar-refractivity contribution >= 4 is 16.8 Å². The highest BCUT2D eigenvalue weighted by molar-refractivity contribution is 5.95. The molecule has 0 aliphatic carbocycles. The van der Waals surface area contributed by atoms with Gasteiger partial charge >= 0.3 is 0 Å². The van der Waals surface area contributed by atoms with Crippen molar-refractivity contribution in [3.05, 3.63) is 39.7 Å². The second-order valence-electron chi connectivity index (χ2n) is 3.90. The Bertz CT molecular complexity index is 659. The molecular weight excluding hydrogens is 218 g/mol. The maximum Gasteiger partial charge on any atom is 0.275 e. The molecule has 0 saturated carbocycles. The lowest BCUT2D eigenvalue weighted by molar-refractivity contribution is 0.0955. The number of fused-ring (bicyclic) bond motifs is 1. The molecule has 5 nitrogen and oxygen atoms in total. The third kappa shape index (κ3) is 1.80. The first-order valence-corrected chi connectivity index (χ1v) is 5.24. The van der Waals surface area contributed by atoms with E-state index in [0.717, 1.165) is 5.56 Å². The molecule has 88 valence electrons. The Morgan fingerprint density at radius 1 is 1.41 bits per heavy atom. The standard InChI is InChI=1S/C12H13N3O2/c1-7-4-5-9-8(6-7)11(16)10(12(17)13-2)14-15(9)3/h4-6H,1-3H3,(H,13,17). The highest BCUT2D eigenvalue weighted by Crippen LogP contribution is 2.11. The highest BCUT2D eigenvalue weighted by atomic mass is 16.2. The molecule has 1 amide bonds. The second-order valence-corrected chi connectivity index (χ2v) is 3.90. The summed E-state index contributed by atoms with van der Waals surface area (Å²) < 4.78 is 1.54. The molecule has 1 heterocycles. The van der Waals surface area contributed by atoms with Crippen LogP contribution in [0.25, 0.3) is 10.9 Å². The van der Waals surface area contributed by atoms with E-state index in [1.54, 1.807) is 17.8 Å². The molecule has 2 rings (SSSR count). The minimum Gasteiger partial charge on any atom is -0.354 e. The molecule has 0 aliphatic heterocycles. The lowest BCUT2D eigenvalue weighted by Gasteiger charge is -2.07. The number of hydrogen-bond donors (Lipinski definition) is 1. The number of carbonyl (C=O) groups excluding carboxylic acids is 1. The Morgan fingerprint density at radius 3 is 2.76 bits per heavy atom. The number of aryl methyl sites for hydroxylation is 2. The summed E-state index contributed by atoms with van der Waals surface area (Å²) in [5.74, 6) is -0.464. The topological polar surface area (TPSA) is 64.0 Å². The molecular formula is C12H13N3O2. The summed E-state index contributed by atoms with van der Waals surface area (Å²) in [6, 6.07) is 5.50. The molecule has 0 saturated heterocycles. The van der Waals surface area contributed by atoms with Crippen LogP contribution in [0.3, 0.4) is 0 Å². The third-order valence-corrected chi connectivity index (χ3v) is 2.65. The molecule has 0 aliphatic rings. The first kappa shape index (κ1) is 11.3. The Balaban J connectivity index is 2.88. The number of aromatic nitrogens is 2. The lowest BCUT2D eigenvalue weighted by atomic mass is 10.1. The number of carbonyl (C=O) groups is 1. The summed E-state index contributed by atoms with van der Waals surface area (Å²) in [4.78, 5) is 23.6. The largest absolute Gasteiger partial charge is 0.354 e. The van der Waals surface area contributed by atoms with Crippen molar-refractivity contribution in [2.24, 2.45) is 7.05 Å². The van der Waals surface area contributed by atoms with E-state index < -0.39 is 5.91 Å². The fourth-order valence-corrected chi connectivity index (χ4v) is 1.76. The molecule has 1 aromatic carbocycles. The highest BCUT2D eigenvalue weighted by Gasteiger charge is 2.14. The Hall–Kier alpha value is -2.17. The van der Waals surface area contributed by atoms with Crippen LogP contribution < -0.4 is 10.7 Å². The normalized spacial score (nSPS) is 10.5. The fraction of sp³-hybridized carbons (Fsp3) is 0.250. The Morgan fingerprint density at radius 2 is 2.12 bits per heavy atom. The van der Waals surface area contributed by atoms with Gasteiger partial charge in [-0.05, 0) is 19.1 Å². The van der Waals surface area contributed by atoms with Crippen LogP contribution in [-0.2, 0) is 7.05 Å². The summed E-state index contributed by atoms with van der Waals surface area (Å²) in [5.41, 5.74) is 1.28. The van der Waals surface area contributed by atoms with Gasteiger partial charge in [-0.1, -0.05) is 11.6 Å². The van der Waals surface area contributed by atoms with Gasteiger partial charge in [-0.25, -0.2) is 0 Å². The van der Waals surface area contributed by atoms with Crippen molar-refractivity contribution in [1.82, 2.24) is 15.1 Å². The summed E-state index contributed by atoms with van der Waals surface area (Å²) >= 11 is 0. The average molecular weight is 231 g/mol. The van der Waals surface area contributed by atoms with Gasteiger partial charge in [0.2, 0.25) is 5.43 Å². The van der Waals surface area contributed by atoms with E-state index >= 15 is 0 Å². The van der Waals surface area contributed by atoms with Gasteiger partial charge in [-0.2, -0.15) is 5.10 Å². The van der Waals surface area contributed by atoms with Crippen molar-refractivity contribution in [3.63, 3.8) is 0 Å². The minimum absolute atomic E-state index is 0.0758. The first-order valence-electron chi connectivity index (χ1n) is 5.24. The summed E-state index contributed by atoms with van der Waals surface area (Å²) in [6.45, 7) is 1.90. The molecule has 0 spiro atoms. The van der Waals surface area contributed by atoms with Crippen LogP contribution in [0.15, 0.2) is 23.0 Å². The van der Waals surface area contributed by atoms with Crippen molar-refractivity contribution < 1.29 is 4.79 Å². The van der Waals surface area contributed by atoms with Crippen LogP contribution in [-0.4, -0.2) is 22.7 Å². The zero-order chi connectivity index (χ0) is 12.6. The molecule has 1 N–H and O–H groups in total.